The van der Waals surface area contributed by atoms with Crippen molar-refractivity contribution >= 4 is 5.97 Å². The second-order valence-corrected chi connectivity index (χ2v) is 5.36. The van der Waals surface area contributed by atoms with E-state index in [0.717, 1.165) is 17.5 Å². The molecule has 2 N–H and O–H groups in total. The van der Waals surface area contributed by atoms with Gasteiger partial charge in [0.1, 0.15) is 5.54 Å². The minimum absolute atomic E-state index is 0.287. The Bertz CT molecular complexity index is 595. The molecule has 0 aliphatic rings. The van der Waals surface area contributed by atoms with E-state index in [4.69, 9.17) is 0 Å². The van der Waals surface area contributed by atoms with Gasteiger partial charge < -0.3 is 10.4 Å². The van der Waals surface area contributed by atoms with Crippen molar-refractivity contribution in [3.8, 4) is 11.1 Å². The first-order chi connectivity index (χ1) is 10.0. The zero-order valence-electron chi connectivity index (χ0n) is 12.4. The number of aromatic nitrogens is 2. The van der Waals surface area contributed by atoms with Crippen molar-refractivity contribution in [2.75, 3.05) is 6.54 Å². The van der Waals surface area contributed by atoms with Crippen molar-refractivity contribution in [1.82, 2.24) is 15.1 Å². The summed E-state index contributed by atoms with van der Waals surface area (Å²) in [5.41, 5.74) is 1.04. The molecule has 1 aromatic carbocycles. The topological polar surface area (TPSA) is 67.2 Å². The van der Waals surface area contributed by atoms with Crippen LogP contribution in [-0.4, -0.2) is 32.9 Å². The molecule has 5 nitrogen and oxygen atoms in total. The fourth-order valence-electron chi connectivity index (χ4n) is 2.15. The van der Waals surface area contributed by atoms with Crippen molar-refractivity contribution in [1.29, 1.82) is 0 Å². The van der Waals surface area contributed by atoms with Crippen molar-refractivity contribution in [3.05, 3.63) is 42.7 Å². The number of nitrogens with one attached hydrogen (secondary N) is 1. The Balaban J connectivity index is 2.15. The van der Waals surface area contributed by atoms with Crippen LogP contribution in [0.5, 0.6) is 0 Å². The third-order valence-electron chi connectivity index (χ3n) is 3.46. The van der Waals surface area contributed by atoms with Crippen LogP contribution >= 0.6 is 0 Å². The largest absolute Gasteiger partial charge is 0.480 e. The van der Waals surface area contributed by atoms with Gasteiger partial charge in [0.15, 0.2) is 0 Å². The first-order valence-electron chi connectivity index (χ1n) is 7.11. The maximum absolute atomic E-state index is 11.5. The molecule has 0 aliphatic heterocycles. The number of nitrogens with zero attached hydrogens (tertiary/aromatic N) is 2. The van der Waals surface area contributed by atoms with Crippen LogP contribution in [0.15, 0.2) is 42.7 Å². The van der Waals surface area contributed by atoms with Gasteiger partial charge in [-0.3, -0.25) is 9.48 Å². The molecule has 5 heteroatoms. The van der Waals surface area contributed by atoms with Crippen LogP contribution in [0.25, 0.3) is 11.1 Å². The Morgan fingerprint density at radius 1 is 1.33 bits per heavy atom. The molecule has 112 valence electrons. The number of carbonyl (C=O) groups is 1. The van der Waals surface area contributed by atoms with Gasteiger partial charge in [0.2, 0.25) is 0 Å². The van der Waals surface area contributed by atoms with E-state index >= 15 is 0 Å². The highest BCUT2D eigenvalue weighted by Crippen LogP contribution is 2.18. The molecule has 0 saturated heterocycles. The summed E-state index contributed by atoms with van der Waals surface area (Å²) in [6.07, 6.45) is 4.53. The van der Waals surface area contributed by atoms with Gasteiger partial charge in [0, 0.05) is 11.8 Å². The summed E-state index contributed by atoms with van der Waals surface area (Å²) in [7, 11) is 0. The fourth-order valence-corrected chi connectivity index (χ4v) is 2.15. The summed E-state index contributed by atoms with van der Waals surface area (Å²) < 4.78 is 1.68. The molecule has 0 amide bonds. The third kappa shape index (κ3) is 3.70. The molecule has 0 radical (unpaired) electrons. The van der Waals surface area contributed by atoms with E-state index in [1.165, 1.54) is 0 Å². The summed E-state index contributed by atoms with van der Waals surface area (Å²) in [5, 5.41) is 16.8. The number of aliphatic carboxylic acids is 1. The van der Waals surface area contributed by atoms with Gasteiger partial charge in [-0.05, 0) is 25.5 Å². The number of hydrogen-bond donors (Lipinski definition) is 2. The summed E-state index contributed by atoms with van der Waals surface area (Å²) >= 11 is 0. The van der Waals surface area contributed by atoms with Crippen LogP contribution in [0.3, 0.4) is 0 Å². The Morgan fingerprint density at radius 3 is 2.67 bits per heavy atom. The molecule has 1 atom stereocenters. The van der Waals surface area contributed by atoms with Crippen LogP contribution in [0.2, 0.25) is 0 Å². The molecule has 2 aromatic rings. The number of benzene rings is 1. The molecule has 0 bridgehead atoms. The molecule has 0 saturated carbocycles. The average molecular weight is 287 g/mol. The maximum Gasteiger partial charge on any atom is 0.325 e. The van der Waals surface area contributed by atoms with Gasteiger partial charge in [0.05, 0.1) is 12.7 Å². The molecule has 1 unspecified atom stereocenters. The summed E-state index contributed by atoms with van der Waals surface area (Å²) in [6, 6.07) is 9.91. The van der Waals surface area contributed by atoms with Crippen LogP contribution in [0.4, 0.5) is 0 Å². The molecule has 0 spiro atoms. The van der Waals surface area contributed by atoms with E-state index in [1.807, 2.05) is 43.5 Å². The van der Waals surface area contributed by atoms with Crippen LogP contribution in [0.1, 0.15) is 20.3 Å². The number of rotatable bonds is 7. The molecular weight excluding hydrogens is 266 g/mol. The zero-order chi connectivity index (χ0) is 15.3. The van der Waals surface area contributed by atoms with E-state index in [-0.39, 0.29) is 6.54 Å². The smallest absolute Gasteiger partial charge is 0.325 e. The van der Waals surface area contributed by atoms with E-state index in [1.54, 1.807) is 17.8 Å². The predicted molar refractivity (Wildman–Crippen MR) is 82.0 cm³/mol. The van der Waals surface area contributed by atoms with Gasteiger partial charge in [0.25, 0.3) is 0 Å². The molecule has 0 fully saturated rings. The minimum Gasteiger partial charge on any atom is -0.480 e. The summed E-state index contributed by atoms with van der Waals surface area (Å²) in [4.78, 5) is 11.5. The highest BCUT2D eigenvalue weighted by Gasteiger charge is 2.33. The summed E-state index contributed by atoms with van der Waals surface area (Å²) in [5.74, 6) is -0.868. The van der Waals surface area contributed by atoms with Crippen molar-refractivity contribution in [2.45, 2.75) is 32.4 Å². The first-order valence-corrected chi connectivity index (χ1v) is 7.11. The monoisotopic (exact) mass is 287 g/mol. The quantitative estimate of drug-likeness (QED) is 0.820. The lowest BCUT2D eigenvalue weighted by atomic mass is 10.0. The molecule has 1 heterocycles. The SMILES string of the molecule is CCCNC(C)(Cn1cc(-c2ccccc2)cn1)C(=O)O. The Morgan fingerprint density at radius 2 is 2.05 bits per heavy atom. The van der Waals surface area contributed by atoms with Crippen molar-refractivity contribution in [3.63, 3.8) is 0 Å². The van der Waals surface area contributed by atoms with Crippen molar-refractivity contribution in [2.24, 2.45) is 0 Å². The van der Waals surface area contributed by atoms with Crippen LogP contribution in [-0.2, 0) is 11.3 Å². The standard InChI is InChI=1S/C16H21N3O2/c1-3-9-17-16(2,15(20)21)12-19-11-14(10-18-19)13-7-5-4-6-8-13/h4-8,10-11,17H,3,9,12H2,1-2H3,(H,20,21). The number of carboxylic acid groups (broad SMARTS) is 1. The lowest BCUT2D eigenvalue weighted by Crippen LogP contribution is -2.52. The molecular formula is C16H21N3O2. The van der Waals surface area contributed by atoms with Crippen LogP contribution in [0, 0.1) is 0 Å². The normalized spacial score (nSPS) is 13.8. The molecule has 2 rings (SSSR count). The van der Waals surface area contributed by atoms with E-state index in [9.17, 15) is 9.90 Å². The Labute approximate surface area is 124 Å². The second-order valence-electron chi connectivity index (χ2n) is 5.36. The molecule has 21 heavy (non-hydrogen) atoms. The van der Waals surface area contributed by atoms with Gasteiger partial charge in [-0.25, -0.2) is 0 Å². The number of hydrogen-bond acceptors (Lipinski definition) is 3. The maximum atomic E-state index is 11.5. The first kappa shape index (κ1) is 15.3. The second kappa shape index (κ2) is 6.54. The average Bonchev–Trinajstić information content (AvgIpc) is 2.94. The van der Waals surface area contributed by atoms with E-state index < -0.39 is 11.5 Å². The third-order valence-corrected chi connectivity index (χ3v) is 3.46. The summed E-state index contributed by atoms with van der Waals surface area (Å²) in [6.45, 7) is 4.65. The molecule has 1 aromatic heterocycles. The Hall–Kier alpha value is -2.14. The van der Waals surface area contributed by atoms with E-state index in [2.05, 4.69) is 10.4 Å². The van der Waals surface area contributed by atoms with Gasteiger partial charge in [-0.1, -0.05) is 37.3 Å². The number of carboxylic acids is 1. The lowest BCUT2D eigenvalue weighted by molar-refractivity contribution is -0.144. The fraction of sp³-hybridized carbons (Fsp3) is 0.375. The predicted octanol–water partition coefficient (Wildman–Crippen LogP) is 2.39. The molecule has 0 aliphatic carbocycles. The highest BCUT2D eigenvalue weighted by atomic mass is 16.4. The van der Waals surface area contributed by atoms with Gasteiger partial charge in [-0.2, -0.15) is 5.10 Å². The Kier molecular flexibility index (Phi) is 4.75. The van der Waals surface area contributed by atoms with Gasteiger partial charge >= 0.3 is 5.97 Å². The van der Waals surface area contributed by atoms with Crippen molar-refractivity contribution < 1.29 is 9.90 Å². The highest BCUT2D eigenvalue weighted by molar-refractivity contribution is 5.78. The van der Waals surface area contributed by atoms with Gasteiger partial charge in [-0.15, -0.1) is 0 Å². The zero-order valence-corrected chi connectivity index (χ0v) is 12.4. The van der Waals surface area contributed by atoms with E-state index in [0.29, 0.717) is 6.54 Å². The minimum atomic E-state index is -1.02. The lowest BCUT2D eigenvalue weighted by Gasteiger charge is -2.26. The van der Waals surface area contributed by atoms with Crippen LogP contribution < -0.4 is 5.32 Å².